The number of rotatable bonds is 5. The van der Waals surface area contributed by atoms with Crippen molar-refractivity contribution in [1.29, 1.82) is 0 Å². The molecule has 146 valence electrons. The zero-order valence-corrected chi connectivity index (χ0v) is 17.2. The van der Waals surface area contributed by atoms with Gasteiger partial charge in [0.05, 0.1) is 17.1 Å². The van der Waals surface area contributed by atoms with Crippen molar-refractivity contribution in [1.82, 2.24) is 20.1 Å². The minimum atomic E-state index is -0.248. The number of carbonyl (C=O) groups is 1. The van der Waals surface area contributed by atoms with Crippen LogP contribution in [0.2, 0.25) is 0 Å². The van der Waals surface area contributed by atoms with E-state index in [0.717, 1.165) is 22.3 Å². The molecule has 0 saturated carbocycles. The minimum Gasteiger partial charge on any atom is -0.350 e. The summed E-state index contributed by atoms with van der Waals surface area (Å²) in [5.41, 5.74) is 9.25. The number of hydrogen-bond donors (Lipinski definition) is 2. The van der Waals surface area contributed by atoms with Crippen molar-refractivity contribution in [2.24, 2.45) is 5.73 Å². The number of nitrogens with zero attached hydrogens (tertiary/aromatic N) is 3. The van der Waals surface area contributed by atoms with Crippen LogP contribution in [0.1, 0.15) is 47.5 Å². The molecule has 3 N–H and O–H groups in total. The van der Waals surface area contributed by atoms with Crippen molar-refractivity contribution in [3.8, 4) is 0 Å². The van der Waals surface area contributed by atoms with Crippen LogP contribution in [-0.2, 0) is 0 Å². The van der Waals surface area contributed by atoms with Gasteiger partial charge in [-0.1, -0.05) is 30.3 Å². The summed E-state index contributed by atoms with van der Waals surface area (Å²) in [7, 11) is 0. The van der Waals surface area contributed by atoms with Crippen LogP contribution in [0.15, 0.2) is 42.6 Å². The maximum absolute atomic E-state index is 12.7. The summed E-state index contributed by atoms with van der Waals surface area (Å²) in [6, 6.07) is 11.4. The van der Waals surface area contributed by atoms with Gasteiger partial charge >= 0.3 is 0 Å². The first-order chi connectivity index (χ1) is 12.0. The van der Waals surface area contributed by atoms with E-state index in [0.29, 0.717) is 12.1 Å². The zero-order chi connectivity index (χ0) is 18.0. The van der Waals surface area contributed by atoms with Gasteiger partial charge in [-0.3, -0.25) is 4.79 Å². The van der Waals surface area contributed by atoms with Gasteiger partial charge < -0.3 is 11.1 Å². The Labute approximate surface area is 171 Å². The predicted octanol–water partition coefficient (Wildman–Crippen LogP) is 3.59. The summed E-state index contributed by atoms with van der Waals surface area (Å²) in [5.74, 6) is -0.162. The molecule has 3 rings (SSSR count). The van der Waals surface area contributed by atoms with Crippen molar-refractivity contribution >= 4 is 41.8 Å². The Hall–Kier alpha value is -2.15. The number of amides is 1. The number of nitrogens with two attached hydrogens (primary N) is 1. The second-order valence-electron chi connectivity index (χ2n) is 6.46. The molecule has 3 aromatic rings. The monoisotopic (exact) mass is 409 g/mol. The van der Waals surface area contributed by atoms with Gasteiger partial charge in [-0.25, -0.2) is 9.67 Å². The van der Waals surface area contributed by atoms with Crippen molar-refractivity contribution < 1.29 is 4.79 Å². The SMILES string of the molecule is Cc1cc(C(=O)NCC(N)c2ccccc2)c2cnn(C(C)C)c2n1.Cl.Cl. The summed E-state index contributed by atoms with van der Waals surface area (Å²) in [4.78, 5) is 17.2. The largest absolute Gasteiger partial charge is 0.350 e. The van der Waals surface area contributed by atoms with E-state index < -0.39 is 0 Å². The van der Waals surface area contributed by atoms with Crippen LogP contribution in [0.5, 0.6) is 0 Å². The fourth-order valence-electron chi connectivity index (χ4n) is 2.82. The van der Waals surface area contributed by atoms with Crippen LogP contribution in [0.3, 0.4) is 0 Å². The van der Waals surface area contributed by atoms with Gasteiger partial charge in [-0.2, -0.15) is 5.10 Å². The Balaban J connectivity index is 0.00000182. The van der Waals surface area contributed by atoms with Crippen molar-refractivity contribution in [3.05, 3.63) is 59.4 Å². The molecule has 27 heavy (non-hydrogen) atoms. The van der Waals surface area contributed by atoms with E-state index in [1.165, 1.54) is 0 Å². The van der Waals surface area contributed by atoms with Gasteiger partial charge in [0.2, 0.25) is 0 Å². The van der Waals surface area contributed by atoms with E-state index >= 15 is 0 Å². The second-order valence-corrected chi connectivity index (χ2v) is 6.46. The third-order valence-electron chi connectivity index (χ3n) is 4.14. The molecule has 1 aromatic carbocycles. The number of aromatic nitrogens is 3. The van der Waals surface area contributed by atoms with Gasteiger partial charge in [0.15, 0.2) is 5.65 Å². The number of fused-ring (bicyclic) bond motifs is 1. The molecule has 1 atom stereocenters. The summed E-state index contributed by atoms with van der Waals surface area (Å²) in [5, 5.41) is 8.05. The van der Waals surface area contributed by atoms with Crippen molar-refractivity contribution in [3.63, 3.8) is 0 Å². The second kappa shape index (κ2) is 9.69. The molecular formula is C19H25Cl2N5O. The van der Waals surface area contributed by atoms with E-state index in [2.05, 4.69) is 15.4 Å². The van der Waals surface area contributed by atoms with Crippen LogP contribution >= 0.6 is 24.8 Å². The number of aryl methyl sites for hydroxylation is 1. The summed E-state index contributed by atoms with van der Waals surface area (Å²) in [6.07, 6.45) is 1.70. The molecule has 0 radical (unpaired) electrons. The average molecular weight is 410 g/mol. The molecule has 0 fully saturated rings. The van der Waals surface area contributed by atoms with E-state index in [-0.39, 0.29) is 42.8 Å². The molecule has 0 spiro atoms. The van der Waals surface area contributed by atoms with Crippen molar-refractivity contribution in [2.75, 3.05) is 6.54 Å². The molecule has 0 aliphatic carbocycles. The lowest BCUT2D eigenvalue weighted by Gasteiger charge is -2.14. The quantitative estimate of drug-likeness (QED) is 0.673. The first-order valence-electron chi connectivity index (χ1n) is 8.41. The highest BCUT2D eigenvalue weighted by atomic mass is 35.5. The summed E-state index contributed by atoms with van der Waals surface area (Å²) < 4.78 is 1.83. The maximum atomic E-state index is 12.7. The van der Waals surface area contributed by atoms with Gasteiger partial charge in [0, 0.05) is 24.3 Å². The smallest absolute Gasteiger partial charge is 0.252 e. The van der Waals surface area contributed by atoms with Crippen LogP contribution in [0.25, 0.3) is 11.0 Å². The fourth-order valence-corrected chi connectivity index (χ4v) is 2.82. The van der Waals surface area contributed by atoms with Gasteiger partial charge in [0.25, 0.3) is 5.91 Å². The topological polar surface area (TPSA) is 85.8 Å². The Morgan fingerprint density at radius 3 is 2.52 bits per heavy atom. The van der Waals surface area contributed by atoms with Crippen LogP contribution in [0, 0.1) is 6.92 Å². The molecule has 8 heteroatoms. The molecule has 0 aliphatic rings. The zero-order valence-electron chi connectivity index (χ0n) is 15.5. The van der Waals surface area contributed by atoms with E-state index in [1.54, 1.807) is 12.3 Å². The normalized spacial score (nSPS) is 11.6. The fraction of sp³-hybridized carbons (Fsp3) is 0.316. The Bertz CT molecular complexity index is 896. The highest BCUT2D eigenvalue weighted by molar-refractivity contribution is 6.05. The average Bonchev–Trinajstić information content (AvgIpc) is 3.03. The Morgan fingerprint density at radius 2 is 1.89 bits per heavy atom. The first kappa shape index (κ1) is 22.9. The Kier molecular flexibility index (Phi) is 8.21. The van der Waals surface area contributed by atoms with Crippen LogP contribution < -0.4 is 11.1 Å². The van der Waals surface area contributed by atoms with Gasteiger partial charge in [0.1, 0.15) is 0 Å². The molecule has 0 aliphatic heterocycles. The number of halogens is 2. The van der Waals surface area contributed by atoms with Crippen LogP contribution in [-0.4, -0.2) is 27.2 Å². The summed E-state index contributed by atoms with van der Waals surface area (Å²) >= 11 is 0. The molecule has 1 amide bonds. The lowest BCUT2D eigenvalue weighted by atomic mass is 10.1. The summed E-state index contributed by atoms with van der Waals surface area (Å²) in [6.45, 7) is 6.32. The maximum Gasteiger partial charge on any atom is 0.252 e. The lowest BCUT2D eigenvalue weighted by molar-refractivity contribution is 0.0952. The number of pyridine rings is 1. The highest BCUT2D eigenvalue weighted by Gasteiger charge is 2.17. The number of hydrogen-bond acceptors (Lipinski definition) is 4. The third-order valence-corrected chi connectivity index (χ3v) is 4.14. The van der Waals surface area contributed by atoms with E-state index in [1.807, 2.05) is 55.8 Å². The van der Waals surface area contributed by atoms with E-state index in [9.17, 15) is 4.79 Å². The highest BCUT2D eigenvalue weighted by Crippen LogP contribution is 2.21. The molecule has 2 heterocycles. The number of nitrogens with one attached hydrogen (secondary N) is 1. The van der Waals surface area contributed by atoms with Crippen molar-refractivity contribution in [2.45, 2.75) is 32.9 Å². The first-order valence-corrected chi connectivity index (χ1v) is 8.41. The molecule has 2 aromatic heterocycles. The third kappa shape index (κ3) is 4.97. The standard InChI is InChI=1S/C19H23N5O.2ClH/c1-12(2)24-18-16(10-22-24)15(9-13(3)23-18)19(25)21-11-17(20)14-7-5-4-6-8-14;;/h4-10,12,17H,11,20H2,1-3H3,(H,21,25);2*1H. The molecule has 6 nitrogen and oxygen atoms in total. The molecule has 0 bridgehead atoms. The molecule has 1 unspecified atom stereocenters. The minimum absolute atomic E-state index is 0. The lowest BCUT2D eigenvalue weighted by Crippen LogP contribution is -2.32. The van der Waals surface area contributed by atoms with E-state index in [4.69, 9.17) is 5.73 Å². The Morgan fingerprint density at radius 1 is 1.22 bits per heavy atom. The molecular weight excluding hydrogens is 385 g/mol. The number of carbonyl (C=O) groups excluding carboxylic acids is 1. The number of benzene rings is 1. The van der Waals surface area contributed by atoms with Gasteiger partial charge in [-0.05, 0) is 32.4 Å². The molecule has 0 saturated heterocycles. The van der Waals surface area contributed by atoms with Crippen LogP contribution in [0.4, 0.5) is 0 Å². The predicted molar refractivity (Wildman–Crippen MR) is 113 cm³/mol. The van der Waals surface area contributed by atoms with Gasteiger partial charge in [-0.15, -0.1) is 24.8 Å².